The van der Waals surface area contributed by atoms with Crippen LogP contribution in [-0.4, -0.2) is 44.0 Å². The number of aliphatic imine (C=N–C) groups is 1. The molecule has 33 heavy (non-hydrogen) atoms. The van der Waals surface area contributed by atoms with E-state index in [1.54, 1.807) is 4.90 Å². The lowest BCUT2D eigenvalue weighted by Gasteiger charge is -2.34. The van der Waals surface area contributed by atoms with Gasteiger partial charge in [0.1, 0.15) is 17.7 Å². The van der Waals surface area contributed by atoms with Crippen LogP contribution in [0.4, 0.5) is 17.1 Å². The van der Waals surface area contributed by atoms with Gasteiger partial charge in [-0.05, 0) is 43.3 Å². The molecule has 0 saturated carbocycles. The zero-order chi connectivity index (χ0) is 22.5. The molecule has 1 amide bonds. The van der Waals surface area contributed by atoms with E-state index in [9.17, 15) is 9.59 Å². The first-order valence-corrected chi connectivity index (χ1v) is 11.3. The van der Waals surface area contributed by atoms with E-state index in [0.717, 1.165) is 65.1 Å². The van der Waals surface area contributed by atoms with Gasteiger partial charge in [0.05, 0.1) is 23.5 Å². The van der Waals surface area contributed by atoms with Crippen LogP contribution in [0.25, 0.3) is 10.8 Å². The van der Waals surface area contributed by atoms with Crippen molar-refractivity contribution in [3.63, 3.8) is 0 Å². The van der Waals surface area contributed by atoms with E-state index < -0.39 is 0 Å². The Hall–Kier alpha value is -3.87. The van der Waals surface area contributed by atoms with Gasteiger partial charge in [0.15, 0.2) is 0 Å². The number of carbonyl (C=O) groups is 2. The first-order chi connectivity index (χ1) is 16.2. The zero-order valence-electron chi connectivity index (χ0n) is 18.3. The quantitative estimate of drug-likeness (QED) is 0.548. The van der Waals surface area contributed by atoms with Crippen molar-refractivity contribution < 1.29 is 19.1 Å². The van der Waals surface area contributed by atoms with E-state index >= 15 is 0 Å². The van der Waals surface area contributed by atoms with Crippen molar-refractivity contribution in [3.05, 3.63) is 59.7 Å². The van der Waals surface area contributed by atoms with Gasteiger partial charge in [-0.15, -0.1) is 0 Å². The number of hydrogen-bond donors (Lipinski definition) is 0. The number of anilines is 2. The predicted octanol–water partition coefficient (Wildman–Crippen LogP) is 4.43. The predicted molar refractivity (Wildman–Crippen MR) is 127 cm³/mol. The van der Waals surface area contributed by atoms with Gasteiger partial charge in [-0.2, -0.15) is 0 Å². The Balaban J connectivity index is 1.44. The molecule has 1 saturated heterocycles. The number of fused-ring (bicyclic) bond motifs is 4. The number of piperidine rings is 1. The van der Waals surface area contributed by atoms with Crippen LogP contribution < -0.4 is 14.5 Å². The normalized spacial score (nSPS) is 17.0. The van der Waals surface area contributed by atoms with Crippen molar-refractivity contribution in [1.82, 2.24) is 0 Å². The van der Waals surface area contributed by atoms with E-state index in [-0.39, 0.29) is 12.0 Å². The van der Waals surface area contributed by atoms with Gasteiger partial charge < -0.3 is 14.4 Å². The number of carbonyl (C=O) groups excluding carboxylic acids is 2. The minimum absolute atomic E-state index is 0.0202. The summed E-state index contributed by atoms with van der Waals surface area (Å²) in [7, 11) is 0. The van der Waals surface area contributed by atoms with Crippen molar-refractivity contribution in [2.24, 2.45) is 4.99 Å². The van der Waals surface area contributed by atoms with E-state index in [4.69, 9.17) is 14.5 Å². The molecule has 166 valence electrons. The highest BCUT2D eigenvalue weighted by molar-refractivity contribution is 6.40. The number of ether oxygens (including phenoxy) is 2. The summed E-state index contributed by atoms with van der Waals surface area (Å²) in [4.78, 5) is 33.0. The molecular formula is C26H23N3O4. The van der Waals surface area contributed by atoms with Crippen LogP contribution in [0.15, 0.2) is 53.5 Å². The van der Waals surface area contributed by atoms with Crippen LogP contribution in [0.5, 0.6) is 5.75 Å². The van der Waals surface area contributed by atoms with Crippen molar-refractivity contribution in [1.29, 1.82) is 0 Å². The Morgan fingerprint density at radius 1 is 1.06 bits per heavy atom. The van der Waals surface area contributed by atoms with Crippen LogP contribution in [0, 0.1) is 0 Å². The molecule has 0 spiro atoms. The third kappa shape index (κ3) is 2.99. The van der Waals surface area contributed by atoms with E-state index in [0.29, 0.717) is 24.5 Å². The summed E-state index contributed by atoms with van der Waals surface area (Å²) in [5, 5.41) is 2.05. The Kier molecular flexibility index (Phi) is 4.57. The highest BCUT2D eigenvalue weighted by Crippen LogP contribution is 2.46. The number of hydrogen-bond acceptors (Lipinski definition) is 6. The molecule has 7 heteroatoms. The molecule has 0 unspecified atom stereocenters. The Morgan fingerprint density at radius 2 is 1.91 bits per heavy atom. The molecule has 7 nitrogen and oxygen atoms in total. The van der Waals surface area contributed by atoms with Crippen molar-refractivity contribution in [2.45, 2.75) is 25.9 Å². The summed E-state index contributed by atoms with van der Waals surface area (Å²) in [5.41, 5.74) is 4.26. The fraction of sp³-hybridized carbons (Fsp3) is 0.269. The smallest absolute Gasteiger partial charge is 0.293 e. The van der Waals surface area contributed by atoms with Gasteiger partial charge in [-0.25, -0.2) is 4.99 Å². The van der Waals surface area contributed by atoms with Crippen LogP contribution in [0.3, 0.4) is 0 Å². The SMILES string of the molecule is CCOc1ccc2c(c1)C1=Nc3ccc(N4CCC(OC=O)CC4)c4cccc(c34)N1C2=O. The summed E-state index contributed by atoms with van der Waals surface area (Å²) in [6, 6.07) is 15.8. The lowest BCUT2D eigenvalue weighted by atomic mass is 10.00. The molecule has 3 aromatic rings. The Morgan fingerprint density at radius 3 is 2.70 bits per heavy atom. The maximum absolute atomic E-state index is 13.4. The molecule has 6 rings (SSSR count). The third-order valence-electron chi connectivity index (χ3n) is 6.66. The molecule has 1 fully saturated rings. The molecule has 0 N–H and O–H groups in total. The maximum atomic E-state index is 13.4. The lowest BCUT2D eigenvalue weighted by Crippen LogP contribution is -2.37. The topological polar surface area (TPSA) is 71.4 Å². The number of amides is 1. The first kappa shape index (κ1) is 19.8. The average molecular weight is 441 g/mol. The molecule has 3 aliphatic rings. The Labute approximate surface area is 191 Å². The molecular weight excluding hydrogens is 418 g/mol. The second-order valence-corrected chi connectivity index (χ2v) is 8.44. The summed E-state index contributed by atoms with van der Waals surface area (Å²) in [6.45, 7) is 4.66. The zero-order valence-corrected chi connectivity index (χ0v) is 18.3. The van der Waals surface area contributed by atoms with Crippen molar-refractivity contribution in [3.8, 4) is 5.75 Å². The molecule has 0 radical (unpaired) electrons. The highest BCUT2D eigenvalue weighted by atomic mass is 16.5. The van der Waals surface area contributed by atoms with Crippen molar-refractivity contribution in [2.75, 3.05) is 29.5 Å². The molecule has 0 atom stereocenters. The van der Waals surface area contributed by atoms with Gasteiger partial charge >= 0.3 is 0 Å². The van der Waals surface area contributed by atoms with Crippen molar-refractivity contribution >= 4 is 46.0 Å². The number of benzene rings is 3. The maximum Gasteiger partial charge on any atom is 0.293 e. The van der Waals surface area contributed by atoms with Crippen LogP contribution in [0.2, 0.25) is 0 Å². The second-order valence-electron chi connectivity index (χ2n) is 8.44. The van der Waals surface area contributed by atoms with E-state index in [2.05, 4.69) is 17.0 Å². The summed E-state index contributed by atoms with van der Waals surface area (Å²) in [6.07, 6.45) is 1.58. The summed E-state index contributed by atoms with van der Waals surface area (Å²) >= 11 is 0. The van der Waals surface area contributed by atoms with Crippen LogP contribution in [0.1, 0.15) is 35.7 Å². The number of rotatable bonds is 5. The molecule has 0 bridgehead atoms. The Bertz CT molecular complexity index is 1320. The van der Waals surface area contributed by atoms with Gasteiger partial charge in [0.2, 0.25) is 0 Å². The number of nitrogens with zero attached hydrogens (tertiary/aromatic N) is 3. The minimum Gasteiger partial charge on any atom is -0.494 e. The second kappa shape index (κ2) is 7.62. The fourth-order valence-electron chi connectivity index (χ4n) is 5.16. The minimum atomic E-state index is -0.0674. The molecule has 3 aromatic carbocycles. The third-order valence-corrected chi connectivity index (χ3v) is 6.66. The van der Waals surface area contributed by atoms with E-state index in [1.807, 2.05) is 43.3 Å². The largest absolute Gasteiger partial charge is 0.494 e. The lowest BCUT2D eigenvalue weighted by molar-refractivity contribution is -0.134. The first-order valence-electron chi connectivity index (χ1n) is 11.3. The van der Waals surface area contributed by atoms with Gasteiger partial charge in [-0.3, -0.25) is 14.5 Å². The fourth-order valence-corrected chi connectivity index (χ4v) is 5.16. The van der Waals surface area contributed by atoms with Gasteiger partial charge in [-0.1, -0.05) is 12.1 Å². The molecule has 0 aromatic heterocycles. The monoisotopic (exact) mass is 441 g/mol. The highest BCUT2D eigenvalue weighted by Gasteiger charge is 2.39. The van der Waals surface area contributed by atoms with Gasteiger partial charge in [0, 0.05) is 48.0 Å². The summed E-state index contributed by atoms with van der Waals surface area (Å²) in [5.74, 6) is 1.31. The molecule has 3 aliphatic heterocycles. The van der Waals surface area contributed by atoms with Crippen LogP contribution >= 0.6 is 0 Å². The standard InChI is InChI=1S/C26H23N3O4/c1-2-32-17-6-7-18-20(14-17)25-27-21-8-9-22(28-12-10-16(11-13-28)33-15-30)19-4-3-5-23(24(19)21)29(25)26(18)31/h3-9,14-16H,2,10-13H2,1H3. The molecule has 3 heterocycles. The van der Waals surface area contributed by atoms with Gasteiger partial charge in [0.25, 0.3) is 12.4 Å². The van der Waals surface area contributed by atoms with E-state index in [1.165, 1.54) is 0 Å². The average Bonchev–Trinajstić information content (AvgIpc) is 3.12. The number of amidine groups is 1. The van der Waals surface area contributed by atoms with Crippen LogP contribution in [-0.2, 0) is 9.53 Å². The molecule has 0 aliphatic carbocycles. The summed E-state index contributed by atoms with van der Waals surface area (Å²) < 4.78 is 10.8.